The van der Waals surface area contributed by atoms with Gasteiger partial charge in [0.2, 0.25) is 5.91 Å². The zero-order valence-corrected chi connectivity index (χ0v) is 15.7. The molecule has 4 N–H and O–H groups in total. The van der Waals surface area contributed by atoms with Crippen molar-refractivity contribution in [3.8, 4) is 11.1 Å². The Hall–Kier alpha value is -3.12. The summed E-state index contributed by atoms with van der Waals surface area (Å²) in [4.78, 5) is 15.6. The molecule has 138 valence electrons. The molecule has 2 aromatic heterocycles. The Morgan fingerprint density at radius 3 is 2.52 bits per heavy atom. The van der Waals surface area contributed by atoms with Crippen molar-refractivity contribution < 1.29 is 14.4 Å². The van der Waals surface area contributed by atoms with Crippen molar-refractivity contribution in [2.45, 2.75) is 33.3 Å². The molecule has 0 unspecified atom stereocenters. The average molecular weight is 363 g/mol. The van der Waals surface area contributed by atoms with E-state index in [0.29, 0.717) is 11.3 Å². The zero-order chi connectivity index (χ0) is 19.5. The van der Waals surface area contributed by atoms with Crippen molar-refractivity contribution >= 4 is 27.7 Å². The Bertz CT molecular complexity index is 1190. The summed E-state index contributed by atoms with van der Waals surface area (Å²) in [5.41, 5.74) is 10.0. The van der Waals surface area contributed by atoms with Crippen molar-refractivity contribution in [1.82, 2.24) is 10.1 Å². The van der Waals surface area contributed by atoms with Crippen LogP contribution in [0.1, 0.15) is 41.2 Å². The van der Waals surface area contributed by atoms with Gasteiger partial charge in [-0.25, -0.2) is 0 Å². The number of nitrogens with two attached hydrogens (primary N) is 1. The third-order valence-corrected chi connectivity index (χ3v) is 4.99. The lowest BCUT2D eigenvalue weighted by Crippen LogP contribution is -2.15. The predicted octanol–water partition coefficient (Wildman–Crippen LogP) is 3.92. The molecule has 0 fully saturated rings. The van der Waals surface area contributed by atoms with Gasteiger partial charge in [0.1, 0.15) is 5.76 Å². The number of H-pyrrole nitrogens is 1. The van der Waals surface area contributed by atoms with Crippen molar-refractivity contribution in [3.63, 3.8) is 0 Å². The second-order valence-corrected chi connectivity index (χ2v) is 7.45. The van der Waals surface area contributed by atoms with Crippen LogP contribution in [0.3, 0.4) is 0 Å². The minimum atomic E-state index is -0.958. The first-order valence-electron chi connectivity index (χ1n) is 8.72. The molecule has 0 aliphatic heterocycles. The van der Waals surface area contributed by atoms with Crippen LogP contribution in [-0.4, -0.2) is 21.2 Å². The maximum absolute atomic E-state index is 12.2. The molecule has 0 aliphatic carbocycles. The number of aryl methyl sites for hydroxylation is 2. The van der Waals surface area contributed by atoms with E-state index in [1.54, 1.807) is 19.9 Å². The molecule has 6 heteroatoms. The zero-order valence-electron chi connectivity index (χ0n) is 15.7. The van der Waals surface area contributed by atoms with E-state index in [0.717, 1.165) is 44.2 Å². The number of hydrogen-bond acceptors (Lipinski definition) is 4. The van der Waals surface area contributed by atoms with Gasteiger partial charge in [-0.15, -0.1) is 0 Å². The minimum absolute atomic E-state index is 0.435. The Labute approximate surface area is 156 Å². The van der Waals surface area contributed by atoms with Gasteiger partial charge in [-0.1, -0.05) is 17.3 Å². The molecule has 0 radical (unpaired) electrons. The van der Waals surface area contributed by atoms with E-state index in [-0.39, 0.29) is 0 Å². The van der Waals surface area contributed by atoms with Gasteiger partial charge >= 0.3 is 0 Å². The van der Waals surface area contributed by atoms with Gasteiger partial charge in [-0.2, -0.15) is 0 Å². The Morgan fingerprint density at radius 1 is 1.19 bits per heavy atom. The highest BCUT2D eigenvalue weighted by molar-refractivity contribution is 6.18. The first kappa shape index (κ1) is 17.3. The third kappa shape index (κ3) is 2.69. The lowest BCUT2D eigenvalue weighted by Gasteiger charge is -2.17. The molecule has 2 aromatic carbocycles. The summed E-state index contributed by atoms with van der Waals surface area (Å²) in [6.07, 6.45) is 0. The quantitative estimate of drug-likeness (QED) is 0.513. The lowest BCUT2D eigenvalue weighted by atomic mass is 9.95. The van der Waals surface area contributed by atoms with Gasteiger partial charge in [-0.3, -0.25) is 4.79 Å². The van der Waals surface area contributed by atoms with Gasteiger partial charge in [0.15, 0.2) is 0 Å². The number of amides is 1. The summed E-state index contributed by atoms with van der Waals surface area (Å²) in [6.45, 7) is 7.17. The molecule has 0 saturated carbocycles. The van der Waals surface area contributed by atoms with E-state index >= 15 is 0 Å². The number of nitrogens with one attached hydrogen (secondary N) is 1. The monoisotopic (exact) mass is 363 g/mol. The topological polar surface area (TPSA) is 105 Å². The number of aromatic nitrogens is 2. The molecule has 4 aromatic rings. The third-order valence-electron chi connectivity index (χ3n) is 4.99. The second-order valence-electron chi connectivity index (χ2n) is 7.45. The lowest BCUT2D eigenvalue weighted by molar-refractivity contribution is 0.0787. The molecule has 4 rings (SSSR count). The summed E-state index contributed by atoms with van der Waals surface area (Å²) in [5, 5.41) is 15.9. The largest absolute Gasteiger partial charge is 0.386 e. The molecule has 27 heavy (non-hydrogen) atoms. The van der Waals surface area contributed by atoms with Crippen LogP contribution in [0.25, 0.3) is 32.9 Å². The maximum atomic E-state index is 12.2. The first-order valence-corrected chi connectivity index (χ1v) is 8.72. The number of hydrogen-bond donors (Lipinski definition) is 3. The van der Waals surface area contributed by atoms with Crippen molar-refractivity contribution in [2.75, 3.05) is 0 Å². The fourth-order valence-electron chi connectivity index (χ4n) is 3.66. The predicted molar refractivity (Wildman–Crippen MR) is 105 cm³/mol. The number of primary amides is 1. The molecule has 6 nitrogen and oxygen atoms in total. The van der Waals surface area contributed by atoms with E-state index in [1.165, 1.54) is 0 Å². The normalized spacial score (nSPS) is 12.2. The summed E-state index contributed by atoms with van der Waals surface area (Å²) < 4.78 is 5.27. The van der Waals surface area contributed by atoms with E-state index in [9.17, 15) is 9.90 Å². The van der Waals surface area contributed by atoms with Gasteiger partial charge < -0.3 is 20.3 Å². The number of benzene rings is 2. The van der Waals surface area contributed by atoms with Gasteiger partial charge in [-0.05, 0) is 57.0 Å². The number of aliphatic hydroxyl groups is 1. The van der Waals surface area contributed by atoms with Crippen molar-refractivity contribution in [2.24, 2.45) is 5.73 Å². The summed E-state index contributed by atoms with van der Waals surface area (Å²) in [5.74, 6) is 0.184. The van der Waals surface area contributed by atoms with Crippen LogP contribution < -0.4 is 5.73 Å². The van der Waals surface area contributed by atoms with Crippen LogP contribution in [0.5, 0.6) is 0 Å². The number of aromatic amines is 1. The summed E-state index contributed by atoms with van der Waals surface area (Å²) in [7, 11) is 0. The van der Waals surface area contributed by atoms with E-state index < -0.39 is 11.5 Å². The highest BCUT2D eigenvalue weighted by atomic mass is 16.5. The SMILES string of the molecule is Cc1noc(C)c1-c1cc(C(N)=O)c2c(c1)[nH]c1cc(C(C)(C)O)ccc12. The standard InChI is InChI=1S/C21H21N3O3/c1-10-18(11(2)27-24-10)12-7-15(20(22)25)19-14-6-5-13(21(3,4)26)9-16(14)23-17(19)8-12/h5-9,23,26H,1-4H3,(H2,22,25). The van der Waals surface area contributed by atoms with E-state index in [1.807, 2.05) is 38.1 Å². The summed E-state index contributed by atoms with van der Waals surface area (Å²) >= 11 is 0. The van der Waals surface area contributed by atoms with Gasteiger partial charge in [0.25, 0.3) is 0 Å². The highest BCUT2D eigenvalue weighted by Gasteiger charge is 2.21. The fourth-order valence-corrected chi connectivity index (χ4v) is 3.66. The molecule has 0 aliphatic rings. The van der Waals surface area contributed by atoms with Crippen molar-refractivity contribution in [1.29, 1.82) is 0 Å². The van der Waals surface area contributed by atoms with E-state index in [4.69, 9.17) is 10.3 Å². The Morgan fingerprint density at radius 2 is 1.93 bits per heavy atom. The molecular weight excluding hydrogens is 342 g/mol. The molecule has 0 saturated heterocycles. The number of nitrogens with zero attached hydrogens (tertiary/aromatic N) is 1. The molecule has 1 amide bonds. The Kier molecular flexibility index (Phi) is 3.65. The second kappa shape index (κ2) is 5.69. The first-order chi connectivity index (χ1) is 12.7. The van der Waals surface area contributed by atoms with Crippen molar-refractivity contribution in [3.05, 3.63) is 52.9 Å². The van der Waals surface area contributed by atoms with Crippen LogP contribution in [-0.2, 0) is 5.60 Å². The van der Waals surface area contributed by atoms with Gasteiger partial charge in [0.05, 0.1) is 11.3 Å². The van der Waals surface area contributed by atoms with E-state index in [2.05, 4.69) is 10.1 Å². The molecule has 0 spiro atoms. The number of rotatable bonds is 3. The Balaban J connectivity index is 2.06. The molecular formula is C21H21N3O3. The number of carbonyl (C=O) groups excluding carboxylic acids is 1. The number of carbonyl (C=O) groups is 1. The number of fused-ring (bicyclic) bond motifs is 3. The smallest absolute Gasteiger partial charge is 0.249 e. The molecule has 0 atom stereocenters. The fraction of sp³-hybridized carbons (Fsp3) is 0.238. The maximum Gasteiger partial charge on any atom is 0.249 e. The minimum Gasteiger partial charge on any atom is -0.386 e. The molecule has 0 bridgehead atoms. The highest BCUT2D eigenvalue weighted by Crippen LogP contribution is 2.36. The summed E-state index contributed by atoms with van der Waals surface area (Å²) in [6, 6.07) is 9.42. The molecule has 2 heterocycles. The van der Waals surface area contributed by atoms with Crippen LogP contribution >= 0.6 is 0 Å². The van der Waals surface area contributed by atoms with Crippen LogP contribution in [0.2, 0.25) is 0 Å². The van der Waals surface area contributed by atoms with Gasteiger partial charge in [0, 0.05) is 32.9 Å². The van der Waals surface area contributed by atoms with Crippen LogP contribution in [0.4, 0.5) is 0 Å². The average Bonchev–Trinajstić information content (AvgIpc) is 3.11. The van der Waals surface area contributed by atoms with Crippen LogP contribution in [0.15, 0.2) is 34.9 Å². The van der Waals surface area contributed by atoms with Crippen LogP contribution in [0, 0.1) is 13.8 Å².